The molecule has 0 saturated carbocycles. The van der Waals surface area contributed by atoms with Crippen molar-refractivity contribution < 1.29 is 36.9 Å². The van der Waals surface area contributed by atoms with Gasteiger partial charge in [-0.25, -0.2) is 8.42 Å². The quantitative estimate of drug-likeness (QED) is 0.368. The Labute approximate surface area is 104 Å². The molecule has 1 aliphatic rings. The number of rotatable bonds is 4. The Morgan fingerprint density at radius 2 is 2.11 bits per heavy atom. The van der Waals surface area contributed by atoms with Gasteiger partial charge in [-0.05, 0) is 0 Å². The summed E-state index contributed by atoms with van der Waals surface area (Å²) in [4.78, 5) is 10.8. The molecule has 0 spiro atoms. The molecule has 4 unspecified atom stereocenters. The van der Waals surface area contributed by atoms with E-state index in [0.29, 0.717) is 0 Å². The van der Waals surface area contributed by atoms with Gasteiger partial charge in [-0.3, -0.25) is 8.98 Å². The third-order valence-electron chi connectivity index (χ3n) is 2.40. The van der Waals surface area contributed by atoms with Gasteiger partial charge in [-0.15, -0.1) is 0 Å². The summed E-state index contributed by atoms with van der Waals surface area (Å²) >= 11 is 0. The molecule has 1 amide bonds. The van der Waals surface area contributed by atoms with Gasteiger partial charge in [0.25, 0.3) is 0 Å². The van der Waals surface area contributed by atoms with Crippen LogP contribution in [0.1, 0.15) is 6.92 Å². The molecular weight excluding hydrogens is 270 g/mol. The van der Waals surface area contributed by atoms with E-state index in [1.165, 1.54) is 6.92 Å². The minimum atomic E-state index is -4.89. The van der Waals surface area contributed by atoms with Gasteiger partial charge in [-0.1, -0.05) is 0 Å². The minimum absolute atomic E-state index is 0.134. The summed E-state index contributed by atoms with van der Waals surface area (Å²) in [5, 5.41) is 21.6. The van der Waals surface area contributed by atoms with E-state index in [-0.39, 0.29) is 6.61 Å². The monoisotopic (exact) mass is 284 g/mol. The molecule has 0 aromatic heterocycles. The Morgan fingerprint density at radius 3 is 2.61 bits per heavy atom. The average molecular weight is 284 g/mol. The third kappa shape index (κ3) is 4.48. The molecule has 1 saturated heterocycles. The highest BCUT2D eigenvalue weighted by Gasteiger charge is 2.39. The second kappa shape index (κ2) is 5.91. The second-order valence-corrected chi connectivity index (χ2v) is 4.90. The second-order valence-electron chi connectivity index (χ2n) is 3.85. The molecule has 1 heterocycles. The highest BCUT2D eigenvalue weighted by Crippen LogP contribution is 2.16. The van der Waals surface area contributed by atoms with Crippen molar-refractivity contribution in [3.8, 4) is 0 Å². The van der Waals surface area contributed by atoms with Gasteiger partial charge < -0.3 is 24.8 Å². The predicted molar refractivity (Wildman–Crippen MR) is 55.0 cm³/mol. The summed E-state index contributed by atoms with van der Waals surface area (Å²) < 4.78 is 39.7. The van der Waals surface area contributed by atoms with E-state index in [0.717, 1.165) is 0 Å². The predicted octanol–water partition coefficient (Wildman–Crippen LogP) is -2.91. The van der Waals surface area contributed by atoms with E-state index in [1.54, 1.807) is 0 Å². The van der Waals surface area contributed by atoms with Crippen LogP contribution < -0.4 is 5.32 Å². The lowest BCUT2D eigenvalue weighted by Crippen LogP contribution is -2.59. The number of carbonyl (C=O) groups excluding carboxylic acids is 1. The van der Waals surface area contributed by atoms with Crippen molar-refractivity contribution in [2.24, 2.45) is 0 Å². The number of carbonyl (C=O) groups is 1. The summed E-state index contributed by atoms with van der Waals surface area (Å²) in [5.41, 5.74) is 0. The van der Waals surface area contributed by atoms with E-state index < -0.39 is 47.3 Å². The lowest BCUT2D eigenvalue weighted by atomic mass is 9.98. The molecule has 0 aromatic rings. The molecule has 106 valence electrons. The summed E-state index contributed by atoms with van der Waals surface area (Å²) in [6.07, 6.45) is -3.98. The first-order valence-electron chi connectivity index (χ1n) is 5.06. The molecular formula is C8H14NO8S-. The van der Waals surface area contributed by atoms with Crippen molar-refractivity contribution in [1.29, 1.82) is 0 Å². The van der Waals surface area contributed by atoms with Gasteiger partial charge in [0.1, 0.15) is 18.3 Å². The summed E-state index contributed by atoms with van der Waals surface area (Å²) in [7, 11) is -4.89. The fourth-order valence-electron chi connectivity index (χ4n) is 1.57. The zero-order chi connectivity index (χ0) is 13.9. The Hall–Kier alpha value is -0.780. The van der Waals surface area contributed by atoms with Crippen LogP contribution in [0.5, 0.6) is 0 Å². The molecule has 0 radical (unpaired) electrons. The molecule has 0 aromatic carbocycles. The van der Waals surface area contributed by atoms with Crippen LogP contribution in [0.4, 0.5) is 0 Å². The summed E-state index contributed by atoms with van der Waals surface area (Å²) in [6.45, 7) is 0.403. The van der Waals surface area contributed by atoms with Crippen molar-refractivity contribution in [2.45, 2.75) is 31.3 Å². The SMILES string of the molecule is CC(=O)NC1COC(COS(=O)(=O)[O-])C(O)C1O. The summed E-state index contributed by atoms with van der Waals surface area (Å²) in [5.74, 6) is -0.410. The largest absolute Gasteiger partial charge is 0.726 e. The molecule has 3 N–H and O–H groups in total. The topological polar surface area (TPSA) is 145 Å². The van der Waals surface area contributed by atoms with Crippen LogP contribution in [-0.2, 0) is 24.1 Å². The smallest absolute Gasteiger partial charge is 0.217 e. The minimum Gasteiger partial charge on any atom is -0.726 e. The molecule has 18 heavy (non-hydrogen) atoms. The van der Waals surface area contributed by atoms with Crippen LogP contribution >= 0.6 is 0 Å². The Balaban J connectivity index is 2.55. The number of aliphatic hydroxyl groups is 2. The number of aliphatic hydroxyl groups excluding tert-OH is 2. The molecule has 1 aliphatic heterocycles. The van der Waals surface area contributed by atoms with E-state index >= 15 is 0 Å². The number of hydrogen-bond acceptors (Lipinski definition) is 8. The fraction of sp³-hybridized carbons (Fsp3) is 0.875. The third-order valence-corrected chi connectivity index (χ3v) is 2.82. The van der Waals surface area contributed by atoms with E-state index in [2.05, 4.69) is 9.50 Å². The lowest BCUT2D eigenvalue weighted by molar-refractivity contribution is -0.162. The van der Waals surface area contributed by atoms with Crippen molar-refractivity contribution in [1.82, 2.24) is 5.32 Å². The lowest BCUT2D eigenvalue weighted by Gasteiger charge is -2.37. The molecule has 10 heteroatoms. The highest BCUT2D eigenvalue weighted by atomic mass is 32.3. The number of ether oxygens (including phenoxy) is 1. The van der Waals surface area contributed by atoms with E-state index in [1.807, 2.05) is 0 Å². The maximum atomic E-state index is 10.8. The van der Waals surface area contributed by atoms with Gasteiger partial charge in [0.2, 0.25) is 16.3 Å². The van der Waals surface area contributed by atoms with Gasteiger partial charge in [0.15, 0.2) is 0 Å². The normalized spacial score (nSPS) is 33.1. The molecule has 0 bridgehead atoms. The Kier molecular flexibility index (Phi) is 5.01. The maximum Gasteiger partial charge on any atom is 0.217 e. The van der Waals surface area contributed by atoms with Crippen molar-refractivity contribution >= 4 is 16.3 Å². The van der Waals surface area contributed by atoms with Gasteiger partial charge in [0, 0.05) is 6.92 Å². The number of amides is 1. The average Bonchev–Trinajstić information content (AvgIpc) is 2.22. The Bertz CT molecular complexity index is 396. The van der Waals surface area contributed by atoms with Crippen LogP contribution in [0.25, 0.3) is 0 Å². The van der Waals surface area contributed by atoms with E-state index in [9.17, 15) is 28.0 Å². The number of nitrogens with one attached hydrogen (secondary N) is 1. The van der Waals surface area contributed by atoms with Gasteiger partial charge >= 0.3 is 0 Å². The first-order chi connectivity index (χ1) is 8.20. The van der Waals surface area contributed by atoms with Gasteiger partial charge in [-0.2, -0.15) is 0 Å². The molecule has 4 atom stereocenters. The standard InChI is InChI=1S/C8H15NO8S/c1-4(10)9-5-2-16-6(8(12)7(5)11)3-17-18(13,14)15/h5-8,11-12H,2-3H2,1H3,(H,9,10)(H,13,14,15)/p-1. The van der Waals surface area contributed by atoms with Crippen molar-refractivity contribution in [3.63, 3.8) is 0 Å². The maximum absolute atomic E-state index is 10.8. The van der Waals surface area contributed by atoms with Crippen LogP contribution in [0.2, 0.25) is 0 Å². The van der Waals surface area contributed by atoms with Crippen molar-refractivity contribution in [2.75, 3.05) is 13.2 Å². The van der Waals surface area contributed by atoms with E-state index in [4.69, 9.17) is 4.74 Å². The van der Waals surface area contributed by atoms with Crippen molar-refractivity contribution in [3.05, 3.63) is 0 Å². The zero-order valence-corrected chi connectivity index (χ0v) is 10.3. The van der Waals surface area contributed by atoms with Crippen LogP contribution in [-0.4, -0.2) is 66.7 Å². The van der Waals surface area contributed by atoms with Gasteiger partial charge in [0.05, 0.1) is 19.3 Å². The zero-order valence-electron chi connectivity index (χ0n) is 9.48. The number of hydrogen-bond donors (Lipinski definition) is 3. The van der Waals surface area contributed by atoms with Crippen LogP contribution in [0.15, 0.2) is 0 Å². The van der Waals surface area contributed by atoms with Crippen LogP contribution in [0, 0.1) is 0 Å². The molecule has 0 aliphatic carbocycles. The fourth-order valence-corrected chi connectivity index (χ4v) is 1.87. The first kappa shape index (κ1) is 15.3. The van der Waals surface area contributed by atoms with Crippen LogP contribution in [0.3, 0.4) is 0 Å². The Morgan fingerprint density at radius 1 is 1.50 bits per heavy atom. The molecule has 1 fully saturated rings. The highest BCUT2D eigenvalue weighted by molar-refractivity contribution is 7.80. The molecule has 9 nitrogen and oxygen atoms in total. The molecule has 1 rings (SSSR count). The first-order valence-corrected chi connectivity index (χ1v) is 6.39. The summed E-state index contributed by atoms with van der Waals surface area (Å²) in [6, 6.07) is -0.808.